The van der Waals surface area contributed by atoms with E-state index in [4.69, 9.17) is 9.73 Å². The maximum Gasteiger partial charge on any atom is 0.194 e. The van der Waals surface area contributed by atoms with E-state index in [0.29, 0.717) is 6.54 Å². The first-order chi connectivity index (χ1) is 15.7. The molecule has 0 amide bonds. The SMILES string of the molecule is CCNC(=NCc1ccc(-n2ccnc2C)nc1)N1CCN(c2ccc(OC)cc2)CC1.I. The molecule has 2 aromatic heterocycles. The van der Waals surface area contributed by atoms with Crippen molar-refractivity contribution in [3.8, 4) is 11.6 Å². The molecule has 33 heavy (non-hydrogen) atoms. The van der Waals surface area contributed by atoms with Gasteiger partial charge in [-0.3, -0.25) is 4.57 Å². The Morgan fingerprint density at radius 1 is 1.06 bits per heavy atom. The van der Waals surface area contributed by atoms with Gasteiger partial charge in [-0.2, -0.15) is 0 Å². The van der Waals surface area contributed by atoms with Gasteiger partial charge < -0.3 is 19.9 Å². The maximum atomic E-state index is 5.27. The molecule has 0 saturated carbocycles. The second-order valence-electron chi connectivity index (χ2n) is 7.71. The molecule has 8 nitrogen and oxygen atoms in total. The van der Waals surface area contributed by atoms with Crippen LogP contribution in [0.5, 0.6) is 5.75 Å². The molecule has 0 bridgehead atoms. The highest BCUT2D eigenvalue weighted by atomic mass is 127. The Morgan fingerprint density at radius 3 is 2.39 bits per heavy atom. The second kappa shape index (κ2) is 11.9. The Kier molecular flexibility index (Phi) is 8.93. The van der Waals surface area contributed by atoms with Crippen molar-refractivity contribution in [2.24, 2.45) is 4.99 Å². The second-order valence-corrected chi connectivity index (χ2v) is 7.71. The smallest absolute Gasteiger partial charge is 0.194 e. The molecule has 0 atom stereocenters. The number of methoxy groups -OCH3 is 1. The van der Waals surface area contributed by atoms with Crippen LogP contribution < -0.4 is 15.0 Å². The zero-order chi connectivity index (χ0) is 22.3. The first kappa shape index (κ1) is 24.8. The van der Waals surface area contributed by atoms with Gasteiger partial charge in [-0.05, 0) is 49.7 Å². The molecule has 1 fully saturated rings. The van der Waals surface area contributed by atoms with E-state index >= 15 is 0 Å². The summed E-state index contributed by atoms with van der Waals surface area (Å²) in [5.41, 5.74) is 2.31. The van der Waals surface area contributed by atoms with Crippen LogP contribution in [0.3, 0.4) is 0 Å². The molecule has 1 saturated heterocycles. The minimum absolute atomic E-state index is 0. The average Bonchev–Trinajstić information content (AvgIpc) is 3.28. The molecule has 0 radical (unpaired) electrons. The summed E-state index contributed by atoms with van der Waals surface area (Å²) in [6, 6.07) is 12.4. The number of aryl methyl sites for hydroxylation is 1. The third-order valence-corrected chi connectivity index (χ3v) is 5.64. The fourth-order valence-electron chi connectivity index (χ4n) is 3.83. The van der Waals surface area contributed by atoms with Gasteiger partial charge in [-0.15, -0.1) is 24.0 Å². The van der Waals surface area contributed by atoms with E-state index in [0.717, 1.165) is 61.6 Å². The minimum Gasteiger partial charge on any atom is -0.497 e. The summed E-state index contributed by atoms with van der Waals surface area (Å²) in [4.78, 5) is 18.4. The normalized spacial score (nSPS) is 14.1. The van der Waals surface area contributed by atoms with E-state index in [-0.39, 0.29) is 24.0 Å². The molecule has 1 aliphatic rings. The molecule has 4 rings (SSSR count). The number of ether oxygens (including phenoxy) is 1. The predicted octanol–water partition coefficient (Wildman–Crippen LogP) is 3.49. The van der Waals surface area contributed by atoms with Gasteiger partial charge in [0.25, 0.3) is 0 Å². The van der Waals surface area contributed by atoms with Crippen molar-refractivity contribution in [3.05, 3.63) is 66.4 Å². The van der Waals surface area contributed by atoms with E-state index in [9.17, 15) is 0 Å². The Hall–Kier alpha value is -2.82. The Labute approximate surface area is 212 Å². The van der Waals surface area contributed by atoms with Crippen molar-refractivity contribution < 1.29 is 4.74 Å². The lowest BCUT2D eigenvalue weighted by Gasteiger charge is -2.37. The lowest BCUT2D eigenvalue weighted by molar-refractivity contribution is 0.372. The number of aromatic nitrogens is 3. The van der Waals surface area contributed by atoms with Gasteiger partial charge in [-0.1, -0.05) is 6.07 Å². The number of benzene rings is 1. The lowest BCUT2D eigenvalue weighted by Crippen LogP contribution is -2.52. The van der Waals surface area contributed by atoms with E-state index in [1.807, 2.05) is 42.1 Å². The number of imidazole rings is 1. The molecular weight excluding hydrogens is 529 g/mol. The number of aliphatic imine (C=N–C) groups is 1. The number of nitrogens with one attached hydrogen (secondary N) is 1. The molecule has 176 valence electrons. The van der Waals surface area contributed by atoms with Gasteiger partial charge >= 0.3 is 0 Å². The van der Waals surface area contributed by atoms with Crippen molar-refractivity contribution >= 4 is 35.6 Å². The molecular formula is C24H32IN7O. The Balaban J connectivity index is 0.00000306. The molecule has 0 aliphatic carbocycles. The summed E-state index contributed by atoms with van der Waals surface area (Å²) in [6.07, 6.45) is 5.60. The molecule has 1 N–H and O–H groups in total. The van der Waals surface area contributed by atoms with Gasteiger partial charge in [0.1, 0.15) is 17.4 Å². The van der Waals surface area contributed by atoms with Gasteiger partial charge in [0.2, 0.25) is 0 Å². The summed E-state index contributed by atoms with van der Waals surface area (Å²) in [6.45, 7) is 9.27. The number of hydrogen-bond acceptors (Lipinski definition) is 5. The van der Waals surface area contributed by atoms with Crippen molar-refractivity contribution in [1.29, 1.82) is 0 Å². The minimum atomic E-state index is 0. The molecule has 9 heteroatoms. The van der Waals surface area contributed by atoms with E-state index in [2.05, 4.69) is 50.2 Å². The highest BCUT2D eigenvalue weighted by Gasteiger charge is 2.20. The number of piperazine rings is 1. The first-order valence-corrected chi connectivity index (χ1v) is 11.1. The van der Waals surface area contributed by atoms with Crippen molar-refractivity contribution in [2.45, 2.75) is 20.4 Å². The van der Waals surface area contributed by atoms with E-state index in [1.54, 1.807) is 13.3 Å². The lowest BCUT2D eigenvalue weighted by atomic mass is 10.2. The third kappa shape index (κ3) is 6.16. The van der Waals surface area contributed by atoms with Crippen LogP contribution in [0, 0.1) is 6.92 Å². The van der Waals surface area contributed by atoms with Crippen molar-refractivity contribution in [2.75, 3.05) is 44.7 Å². The standard InChI is InChI=1S/C24H31N7O.HI/c1-4-25-24(28-18-20-5-10-23(27-17-20)31-12-11-26-19(31)2)30-15-13-29(14-16-30)21-6-8-22(32-3)9-7-21;/h5-12,17H,4,13-16,18H2,1-3H3,(H,25,28);1H. The summed E-state index contributed by atoms with van der Waals surface area (Å²) < 4.78 is 7.24. The molecule has 0 unspecified atom stereocenters. The number of guanidine groups is 1. The Morgan fingerprint density at radius 2 is 1.82 bits per heavy atom. The third-order valence-electron chi connectivity index (χ3n) is 5.64. The highest BCUT2D eigenvalue weighted by Crippen LogP contribution is 2.20. The van der Waals surface area contributed by atoms with Crippen LogP contribution in [-0.4, -0.2) is 65.2 Å². The quantitative estimate of drug-likeness (QED) is 0.283. The summed E-state index contributed by atoms with van der Waals surface area (Å²) >= 11 is 0. The van der Waals surface area contributed by atoms with Crippen LogP contribution in [0.2, 0.25) is 0 Å². The van der Waals surface area contributed by atoms with Crippen LogP contribution in [0.25, 0.3) is 5.82 Å². The van der Waals surface area contributed by atoms with Crippen molar-refractivity contribution in [3.63, 3.8) is 0 Å². The van der Waals surface area contributed by atoms with Crippen LogP contribution in [0.4, 0.5) is 5.69 Å². The number of rotatable bonds is 6. The number of hydrogen-bond donors (Lipinski definition) is 1. The molecule has 3 heterocycles. The molecule has 1 aliphatic heterocycles. The largest absolute Gasteiger partial charge is 0.497 e. The molecule has 1 aromatic carbocycles. The van der Waals surface area contributed by atoms with Gasteiger partial charge in [-0.25, -0.2) is 15.0 Å². The van der Waals surface area contributed by atoms with Gasteiger partial charge in [0.15, 0.2) is 5.96 Å². The summed E-state index contributed by atoms with van der Waals surface area (Å²) in [5.74, 6) is 3.63. The highest BCUT2D eigenvalue weighted by molar-refractivity contribution is 14.0. The Bertz CT molecular complexity index is 1030. The fraction of sp³-hybridized carbons (Fsp3) is 0.375. The van der Waals surface area contributed by atoms with Crippen LogP contribution in [0.15, 0.2) is 60.0 Å². The summed E-state index contributed by atoms with van der Waals surface area (Å²) in [7, 11) is 1.69. The number of nitrogens with zero attached hydrogens (tertiary/aromatic N) is 6. The number of halogens is 1. The monoisotopic (exact) mass is 561 g/mol. The topological polar surface area (TPSA) is 70.8 Å². The van der Waals surface area contributed by atoms with Crippen LogP contribution in [0.1, 0.15) is 18.3 Å². The zero-order valence-corrected chi connectivity index (χ0v) is 21.8. The average molecular weight is 561 g/mol. The maximum absolute atomic E-state index is 5.27. The predicted molar refractivity (Wildman–Crippen MR) is 143 cm³/mol. The molecule has 3 aromatic rings. The molecule has 0 spiro atoms. The number of anilines is 1. The number of pyridine rings is 1. The fourth-order valence-corrected chi connectivity index (χ4v) is 3.83. The van der Waals surface area contributed by atoms with Crippen LogP contribution >= 0.6 is 24.0 Å². The van der Waals surface area contributed by atoms with Crippen molar-refractivity contribution in [1.82, 2.24) is 24.8 Å². The summed E-state index contributed by atoms with van der Waals surface area (Å²) in [5, 5.41) is 3.44. The van der Waals surface area contributed by atoms with E-state index in [1.165, 1.54) is 5.69 Å². The van der Waals surface area contributed by atoms with E-state index < -0.39 is 0 Å². The first-order valence-electron chi connectivity index (χ1n) is 11.1. The van der Waals surface area contributed by atoms with Gasteiger partial charge in [0, 0.05) is 57.0 Å². The van der Waals surface area contributed by atoms with Gasteiger partial charge in [0.05, 0.1) is 13.7 Å². The van der Waals surface area contributed by atoms with Crippen LogP contribution in [-0.2, 0) is 6.54 Å². The zero-order valence-electron chi connectivity index (χ0n) is 19.4.